The molecule has 0 bridgehead atoms. The molecular formula is C37H33N2S+. The van der Waals surface area contributed by atoms with Crippen LogP contribution in [0.15, 0.2) is 109 Å². The minimum Gasteiger partial charge on any atom is -0.225 e. The summed E-state index contributed by atoms with van der Waals surface area (Å²) >= 11 is 1.88. The average Bonchev–Trinajstić information content (AvgIpc) is 3.46. The second-order valence-corrected chi connectivity index (χ2v) is 12.9. The number of benzene rings is 5. The number of para-hydroxylation sites is 2. The Hall–Kier alpha value is -4.21. The van der Waals surface area contributed by atoms with Gasteiger partial charge in [-0.1, -0.05) is 87.5 Å². The molecule has 0 spiro atoms. The minimum atomic E-state index is 0.0515. The summed E-state index contributed by atoms with van der Waals surface area (Å²) < 4.78 is 7.52. The third-order valence-corrected chi connectivity index (χ3v) is 9.30. The van der Waals surface area contributed by atoms with Crippen LogP contribution in [0.1, 0.15) is 31.9 Å². The van der Waals surface area contributed by atoms with Crippen LogP contribution in [0, 0.1) is 6.92 Å². The summed E-state index contributed by atoms with van der Waals surface area (Å²) in [5.41, 5.74) is 10.0. The Morgan fingerprint density at radius 2 is 1.40 bits per heavy atom. The first-order chi connectivity index (χ1) is 19.3. The normalized spacial score (nSPS) is 12.1. The van der Waals surface area contributed by atoms with E-state index >= 15 is 0 Å². The van der Waals surface area contributed by atoms with Crippen LogP contribution >= 0.6 is 11.3 Å². The molecular weight excluding hydrogens is 504 g/mol. The van der Waals surface area contributed by atoms with Crippen LogP contribution in [0.4, 0.5) is 0 Å². The van der Waals surface area contributed by atoms with E-state index in [1.165, 1.54) is 70.5 Å². The number of rotatable bonds is 3. The monoisotopic (exact) mass is 537 g/mol. The fourth-order valence-corrected chi connectivity index (χ4v) is 7.21. The van der Waals surface area contributed by atoms with Crippen molar-refractivity contribution in [1.29, 1.82) is 0 Å². The molecule has 3 heteroatoms. The number of fused-ring (bicyclic) bond motifs is 4. The number of aryl methyl sites for hydroxylation is 2. The van der Waals surface area contributed by atoms with Crippen molar-refractivity contribution in [3.63, 3.8) is 0 Å². The van der Waals surface area contributed by atoms with E-state index in [2.05, 4.69) is 153 Å². The van der Waals surface area contributed by atoms with E-state index in [-0.39, 0.29) is 5.41 Å². The van der Waals surface area contributed by atoms with Gasteiger partial charge in [0.05, 0.1) is 12.6 Å². The van der Waals surface area contributed by atoms with Crippen LogP contribution < -0.4 is 4.57 Å². The minimum absolute atomic E-state index is 0.0515. The van der Waals surface area contributed by atoms with E-state index in [0.29, 0.717) is 0 Å². The van der Waals surface area contributed by atoms with Gasteiger partial charge in [-0.25, -0.2) is 4.57 Å². The summed E-state index contributed by atoms with van der Waals surface area (Å²) in [4.78, 5) is 0. The number of imidazole rings is 1. The number of aromatic nitrogens is 2. The van der Waals surface area contributed by atoms with Gasteiger partial charge in [-0.2, -0.15) is 4.57 Å². The zero-order valence-electron chi connectivity index (χ0n) is 23.7. The second-order valence-electron chi connectivity index (χ2n) is 11.8. The third kappa shape index (κ3) is 3.88. The smallest absolute Gasteiger partial charge is 0.225 e. The molecule has 0 atom stereocenters. The highest BCUT2D eigenvalue weighted by molar-refractivity contribution is 7.25. The molecule has 0 saturated carbocycles. The lowest BCUT2D eigenvalue weighted by molar-refractivity contribution is -0.633. The van der Waals surface area contributed by atoms with Crippen molar-refractivity contribution in [2.75, 3.05) is 0 Å². The molecule has 0 aliphatic heterocycles. The van der Waals surface area contributed by atoms with Gasteiger partial charge < -0.3 is 0 Å². The molecule has 7 aromatic rings. The predicted octanol–water partition coefficient (Wildman–Crippen LogP) is 9.76. The molecule has 0 N–H and O–H groups in total. The molecule has 0 radical (unpaired) electrons. The van der Waals surface area contributed by atoms with Gasteiger partial charge in [-0.05, 0) is 71.5 Å². The molecule has 40 heavy (non-hydrogen) atoms. The van der Waals surface area contributed by atoms with E-state index in [9.17, 15) is 0 Å². The van der Waals surface area contributed by atoms with Crippen LogP contribution in [0.25, 0.3) is 59.4 Å². The lowest BCUT2D eigenvalue weighted by atomic mass is 9.85. The van der Waals surface area contributed by atoms with Gasteiger partial charge in [0.25, 0.3) is 5.82 Å². The molecule has 5 aromatic carbocycles. The topological polar surface area (TPSA) is 8.81 Å². The van der Waals surface area contributed by atoms with Gasteiger partial charge >= 0.3 is 0 Å². The maximum atomic E-state index is 2.48. The van der Waals surface area contributed by atoms with Gasteiger partial charge in [-0.3, -0.25) is 0 Å². The summed E-state index contributed by atoms with van der Waals surface area (Å²) in [5, 5.41) is 2.65. The first-order valence-corrected chi connectivity index (χ1v) is 14.7. The highest BCUT2D eigenvalue weighted by Crippen LogP contribution is 2.40. The molecule has 0 aliphatic rings. The highest BCUT2D eigenvalue weighted by atomic mass is 32.1. The van der Waals surface area contributed by atoms with Gasteiger partial charge in [0.2, 0.25) is 0 Å². The lowest BCUT2D eigenvalue weighted by Gasteiger charge is -2.21. The Morgan fingerprint density at radius 1 is 0.675 bits per heavy atom. The number of thiophene rings is 1. The lowest BCUT2D eigenvalue weighted by Crippen LogP contribution is -2.30. The zero-order chi connectivity index (χ0) is 27.6. The Bertz CT molecular complexity index is 2050. The van der Waals surface area contributed by atoms with Crippen molar-refractivity contribution in [3.8, 4) is 28.2 Å². The quantitative estimate of drug-likeness (QED) is 0.198. The predicted molar refractivity (Wildman–Crippen MR) is 172 cm³/mol. The van der Waals surface area contributed by atoms with Gasteiger partial charge in [0.1, 0.15) is 5.69 Å². The molecule has 2 nitrogen and oxygen atoms in total. The van der Waals surface area contributed by atoms with E-state index in [1.807, 2.05) is 11.3 Å². The van der Waals surface area contributed by atoms with E-state index in [1.54, 1.807) is 0 Å². The van der Waals surface area contributed by atoms with E-state index in [0.717, 1.165) is 0 Å². The highest BCUT2D eigenvalue weighted by Gasteiger charge is 2.30. The van der Waals surface area contributed by atoms with Crippen LogP contribution in [0.3, 0.4) is 0 Å². The Labute approximate surface area is 239 Å². The molecule has 7 rings (SSSR count). The summed E-state index contributed by atoms with van der Waals surface area (Å²) in [5.74, 6) is 1.19. The average molecular weight is 538 g/mol. The second kappa shape index (κ2) is 9.18. The van der Waals surface area contributed by atoms with Crippen LogP contribution in [0.5, 0.6) is 0 Å². The van der Waals surface area contributed by atoms with Gasteiger partial charge in [0.15, 0.2) is 11.0 Å². The zero-order valence-corrected chi connectivity index (χ0v) is 24.5. The Balaban J connectivity index is 1.59. The summed E-state index contributed by atoms with van der Waals surface area (Å²) in [7, 11) is 2.20. The van der Waals surface area contributed by atoms with E-state index < -0.39 is 0 Å². The van der Waals surface area contributed by atoms with Crippen LogP contribution in [-0.2, 0) is 12.5 Å². The Morgan fingerprint density at radius 3 is 2.20 bits per heavy atom. The van der Waals surface area contributed by atoms with Gasteiger partial charge in [-0.15, -0.1) is 11.3 Å². The SMILES string of the molecule is Cc1cc2sc3ccccc3c2cc1-c1n(-c2ccc(C(C)(C)C)cc2-c2ccccc2)c2ccccc2[n+]1C. The molecule has 0 saturated heterocycles. The first-order valence-electron chi connectivity index (χ1n) is 13.9. The molecule has 0 amide bonds. The fourth-order valence-electron chi connectivity index (χ4n) is 6.02. The summed E-state index contributed by atoms with van der Waals surface area (Å²) in [6, 6.07) is 40.2. The fraction of sp³-hybridized carbons (Fsp3) is 0.162. The van der Waals surface area contributed by atoms with Gasteiger partial charge in [0, 0.05) is 25.7 Å². The van der Waals surface area contributed by atoms with Crippen molar-refractivity contribution in [3.05, 3.63) is 120 Å². The molecule has 0 aliphatic carbocycles. The third-order valence-electron chi connectivity index (χ3n) is 8.17. The Kier molecular flexibility index (Phi) is 5.69. The molecule has 0 fully saturated rings. The number of nitrogens with zero attached hydrogens (tertiary/aromatic N) is 2. The summed E-state index contributed by atoms with van der Waals surface area (Å²) in [6.45, 7) is 9.12. The molecule has 0 unspecified atom stereocenters. The summed E-state index contributed by atoms with van der Waals surface area (Å²) in [6.07, 6.45) is 0. The maximum Gasteiger partial charge on any atom is 0.295 e. The molecule has 2 aromatic heterocycles. The van der Waals surface area contributed by atoms with Crippen molar-refractivity contribution in [2.24, 2.45) is 7.05 Å². The van der Waals surface area contributed by atoms with E-state index in [4.69, 9.17) is 0 Å². The number of hydrogen-bond acceptors (Lipinski definition) is 1. The number of hydrogen-bond donors (Lipinski definition) is 0. The van der Waals surface area contributed by atoms with Crippen molar-refractivity contribution < 1.29 is 4.57 Å². The van der Waals surface area contributed by atoms with Crippen molar-refractivity contribution in [1.82, 2.24) is 4.57 Å². The largest absolute Gasteiger partial charge is 0.295 e. The maximum absolute atomic E-state index is 2.48. The molecule has 196 valence electrons. The van der Waals surface area contributed by atoms with Crippen molar-refractivity contribution in [2.45, 2.75) is 33.1 Å². The van der Waals surface area contributed by atoms with Crippen molar-refractivity contribution >= 4 is 42.5 Å². The standard InChI is InChI=1S/C37H33N2S/c1-24-21-35-30(27-15-9-12-18-34(27)40-35)23-28(24)36-38(5)32-16-10-11-17-33(32)39(36)31-20-19-26(37(2,3)4)22-29(31)25-13-7-6-8-14-25/h6-23H,1-5H3/q+1. The van der Waals surface area contributed by atoms with Crippen LogP contribution in [-0.4, -0.2) is 4.57 Å². The first kappa shape index (κ1) is 24.8. The van der Waals surface area contributed by atoms with Crippen LogP contribution in [0.2, 0.25) is 0 Å². The molecule has 2 heterocycles.